The first-order chi connectivity index (χ1) is 14.2. The number of aromatic nitrogens is 2. The molecular weight excluding hydrogens is 360 g/mol. The van der Waals surface area contributed by atoms with E-state index in [1.54, 1.807) is 0 Å². The van der Waals surface area contributed by atoms with E-state index in [1.807, 2.05) is 11.1 Å². The van der Waals surface area contributed by atoms with Gasteiger partial charge in [0.05, 0.1) is 0 Å². The molecule has 2 amide bonds. The Bertz CT molecular complexity index is 794. The summed E-state index contributed by atoms with van der Waals surface area (Å²) in [4.78, 5) is 19.5. The Morgan fingerprint density at radius 1 is 1.10 bits per heavy atom. The number of imidazole rings is 1. The van der Waals surface area contributed by atoms with E-state index < -0.39 is 0 Å². The number of urea groups is 1. The number of amides is 2. The van der Waals surface area contributed by atoms with E-state index in [0.717, 1.165) is 51.1 Å². The quantitative estimate of drug-likeness (QED) is 0.810. The molecule has 1 aromatic heterocycles. The molecular formula is C24H34N4O. The van der Waals surface area contributed by atoms with Crippen LogP contribution in [0.2, 0.25) is 0 Å². The van der Waals surface area contributed by atoms with Gasteiger partial charge in [0.1, 0.15) is 5.82 Å². The summed E-state index contributed by atoms with van der Waals surface area (Å²) in [6, 6.07) is 11.1. The number of hydrogen-bond acceptors (Lipinski definition) is 2. The van der Waals surface area contributed by atoms with Crippen LogP contribution in [0.15, 0.2) is 36.5 Å². The highest BCUT2D eigenvalue weighted by atomic mass is 16.2. The second-order valence-corrected chi connectivity index (χ2v) is 8.83. The number of benzene rings is 1. The average molecular weight is 395 g/mol. The maximum atomic E-state index is 12.8. The number of nitrogens with zero attached hydrogens (tertiary/aromatic N) is 3. The molecule has 1 N–H and O–H groups in total. The number of carbonyl (C=O) groups excluding carboxylic acids is 1. The fourth-order valence-electron chi connectivity index (χ4n) is 4.84. The largest absolute Gasteiger partial charge is 0.335 e. The molecule has 1 aliphatic carbocycles. The van der Waals surface area contributed by atoms with Crippen LogP contribution in [-0.4, -0.2) is 39.6 Å². The summed E-state index contributed by atoms with van der Waals surface area (Å²) >= 11 is 0. The maximum absolute atomic E-state index is 12.8. The summed E-state index contributed by atoms with van der Waals surface area (Å²) in [5.74, 6) is 1.63. The van der Waals surface area contributed by atoms with Crippen LogP contribution in [0.3, 0.4) is 0 Å². The molecule has 0 spiro atoms. The number of hydrogen-bond donors (Lipinski definition) is 1. The maximum Gasteiger partial charge on any atom is 0.317 e. The van der Waals surface area contributed by atoms with E-state index in [2.05, 4.69) is 47.1 Å². The SMILES string of the molecule is Cc1cnc(CC2CCCN(C(=O)NC3CCCCC3)C2)n1Cc1ccccc1. The van der Waals surface area contributed by atoms with Gasteiger partial charge in [-0.1, -0.05) is 49.6 Å². The Hall–Kier alpha value is -2.30. The van der Waals surface area contributed by atoms with Gasteiger partial charge in [-0.05, 0) is 44.1 Å². The van der Waals surface area contributed by atoms with Crippen molar-refractivity contribution in [3.8, 4) is 0 Å². The molecule has 0 radical (unpaired) electrons. The van der Waals surface area contributed by atoms with Crippen molar-refractivity contribution in [1.29, 1.82) is 0 Å². The minimum atomic E-state index is 0.144. The molecule has 1 saturated carbocycles. The van der Waals surface area contributed by atoms with Crippen LogP contribution in [0.25, 0.3) is 0 Å². The first-order valence-electron chi connectivity index (χ1n) is 11.3. The zero-order valence-electron chi connectivity index (χ0n) is 17.6. The minimum Gasteiger partial charge on any atom is -0.335 e. The Morgan fingerprint density at radius 2 is 1.90 bits per heavy atom. The zero-order valence-corrected chi connectivity index (χ0v) is 17.6. The van der Waals surface area contributed by atoms with Gasteiger partial charge in [-0.3, -0.25) is 0 Å². The topological polar surface area (TPSA) is 50.2 Å². The Balaban J connectivity index is 1.36. The zero-order chi connectivity index (χ0) is 20.1. The van der Waals surface area contributed by atoms with Crippen molar-refractivity contribution in [2.24, 2.45) is 5.92 Å². The van der Waals surface area contributed by atoms with Crippen LogP contribution in [0.4, 0.5) is 4.79 Å². The smallest absolute Gasteiger partial charge is 0.317 e. The van der Waals surface area contributed by atoms with Crippen molar-refractivity contribution in [1.82, 2.24) is 19.8 Å². The molecule has 156 valence electrons. The van der Waals surface area contributed by atoms with Crippen molar-refractivity contribution < 1.29 is 4.79 Å². The van der Waals surface area contributed by atoms with Gasteiger partial charge in [0.25, 0.3) is 0 Å². The van der Waals surface area contributed by atoms with Gasteiger partial charge in [0.15, 0.2) is 0 Å². The fraction of sp³-hybridized carbons (Fsp3) is 0.583. The van der Waals surface area contributed by atoms with Crippen LogP contribution in [0, 0.1) is 12.8 Å². The lowest BCUT2D eigenvalue weighted by molar-refractivity contribution is 0.158. The first-order valence-corrected chi connectivity index (χ1v) is 11.3. The molecule has 29 heavy (non-hydrogen) atoms. The average Bonchev–Trinajstić information content (AvgIpc) is 3.09. The molecule has 0 bridgehead atoms. The number of piperidine rings is 1. The van der Waals surface area contributed by atoms with Gasteiger partial charge in [-0.15, -0.1) is 0 Å². The number of nitrogens with one attached hydrogen (secondary N) is 1. The van der Waals surface area contributed by atoms with E-state index >= 15 is 0 Å². The molecule has 2 aliphatic rings. The highest BCUT2D eigenvalue weighted by Gasteiger charge is 2.27. The lowest BCUT2D eigenvalue weighted by Crippen LogP contribution is -2.49. The third-order valence-corrected chi connectivity index (χ3v) is 6.53. The van der Waals surface area contributed by atoms with Gasteiger partial charge >= 0.3 is 6.03 Å². The Kier molecular flexibility index (Phi) is 6.53. The van der Waals surface area contributed by atoms with Gasteiger partial charge in [0, 0.05) is 44.0 Å². The molecule has 5 heteroatoms. The van der Waals surface area contributed by atoms with E-state index in [1.165, 1.54) is 36.9 Å². The molecule has 1 saturated heterocycles. The third kappa shape index (κ3) is 5.20. The fourth-order valence-corrected chi connectivity index (χ4v) is 4.84. The summed E-state index contributed by atoms with van der Waals surface area (Å²) in [5, 5.41) is 3.29. The second-order valence-electron chi connectivity index (χ2n) is 8.83. The molecule has 1 aliphatic heterocycles. The highest BCUT2D eigenvalue weighted by molar-refractivity contribution is 5.74. The molecule has 2 heterocycles. The normalized spacial score (nSPS) is 20.6. The Morgan fingerprint density at radius 3 is 2.69 bits per heavy atom. The summed E-state index contributed by atoms with van der Waals surface area (Å²) in [6.45, 7) is 4.72. The van der Waals surface area contributed by atoms with Crippen molar-refractivity contribution in [3.05, 3.63) is 53.6 Å². The summed E-state index contributed by atoms with van der Waals surface area (Å²) in [6.07, 6.45) is 11.3. The van der Waals surface area contributed by atoms with E-state index in [0.29, 0.717) is 12.0 Å². The van der Waals surface area contributed by atoms with Gasteiger partial charge in [-0.25, -0.2) is 9.78 Å². The first kappa shape index (κ1) is 20.0. The van der Waals surface area contributed by atoms with Crippen molar-refractivity contribution in [2.45, 2.75) is 70.9 Å². The van der Waals surface area contributed by atoms with Crippen LogP contribution < -0.4 is 5.32 Å². The summed E-state index contributed by atoms with van der Waals surface area (Å²) in [5.41, 5.74) is 2.50. The summed E-state index contributed by atoms with van der Waals surface area (Å²) < 4.78 is 2.33. The van der Waals surface area contributed by atoms with Gasteiger partial charge in [0.2, 0.25) is 0 Å². The lowest BCUT2D eigenvalue weighted by atomic mass is 9.94. The van der Waals surface area contributed by atoms with Gasteiger partial charge in [-0.2, -0.15) is 0 Å². The number of aryl methyl sites for hydroxylation is 1. The second kappa shape index (κ2) is 9.47. The van der Waals surface area contributed by atoms with Crippen LogP contribution in [0.5, 0.6) is 0 Å². The third-order valence-electron chi connectivity index (χ3n) is 6.53. The van der Waals surface area contributed by atoms with E-state index in [4.69, 9.17) is 4.98 Å². The van der Waals surface area contributed by atoms with Crippen LogP contribution in [0.1, 0.15) is 62.0 Å². The summed E-state index contributed by atoms with van der Waals surface area (Å²) in [7, 11) is 0. The van der Waals surface area contributed by atoms with Crippen LogP contribution in [-0.2, 0) is 13.0 Å². The standard InChI is InChI=1S/C24H34N4O/c1-19-16-25-23(28(19)18-20-9-4-2-5-10-20)15-21-11-8-14-27(17-21)24(29)26-22-12-6-3-7-13-22/h2,4-5,9-10,16,21-22H,3,6-8,11-15,17-18H2,1H3,(H,26,29). The van der Waals surface area contributed by atoms with Crippen LogP contribution >= 0.6 is 0 Å². The lowest BCUT2D eigenvalue weighted by Gasteiger charge is -2.34. The number of rotatable bonds is 5. The molecule has 1 atom stereocenters. The number of likely N-dealkylation sites (tertiary alicyclic amines) is 1. The molecule has 1 aromatic carbocycles. The van der Waals surface area contributed by atoms with Crippen molar-refractivity contribution >= 4 is 6.03 Å². The van der Waals surface area contributed by atoms with E-state index in [9.17, 15) is 4.79 Å². The van der Waals surface area contributed by atoms with E-state index in [-0.39, 0.29) is 6.03 Å². The monoisotopic (exact) mass is 394 g/mol. The van der Waals surface area contributed by atoms with Gasteiger partial charge < -0.3 is 14.8 Å². The predicted octanol–water partition coefficient (Wildman–Crippen LogP) is 4.54. The number of carbonyl (C=O) groups is 1. The molecule has 4 rings (SSSR count). The predicted molar refractivity (Wildman–Crippen MR) is 116 cm³/mol. The van der Waals surface area contributed by atoms with Crippen molar-refractivity contribution in [3.63, 3.8) is 0 Å². The minimum absolute atomic E-state index is 0.144. The Labute approximate surface area is 174 Å². The molecule has 1 unspecified atom stereocenters. The molecule has 5 nitrogen and oxygen atoms in total. The molecule has 2 aromatic rings. The molecule has 2 fully saturated rings. The highest BCUT2D eigenvalue weighted by Crippen LogP contribution is 2.23. The van der Waals surface area contributed by atoms with Crippen molar-refractivity contribution in [2.75, 3.05) is 13.1 Å².